The van der Waals surface area contributed by atoms with Gasteiger partial charge in [0.15, 0.2) is 0 Å². The van der Waals surface area contributed by atoms with E-state index in [-0.39, 0.29) is 11.9 Å². The number of carbonyl (C=O) groups is 2. The normalized spacial score (nSPS) is 17.4. The quantitative estimate of drug-likeness (QED) is 0.510. The van der Waals surface area contributed by atoms with Crippen LogP contribution < -0.4 is 5.32 Å². The Kier molecular flexibility index (Phi) is 7.25. The molecule has 0 bridgehead atoms. The van der Waals surface area contributed by atoms with E-state index in [1.54, 1.807) is 0 Å². The Hall–Kier alpha value is -1.71. The summed E-state index contributed by atoms with van der Waals surface area (Å²) in [5.41, 5.74) is 2.89. The van der Waals surface area contributed by atoms with Crippen LogP contribution in [0.5, 0.6) is 0 Å². The second-order valence-electron chi connectivity index (χ2n) is 7.92. The van der Waals surface area contributed by atoms with Crippen molar-refractivity contribution in [1.29, 1.82) is 0 Å². The Labute approximate surface area is 172 Å². The van der Waals surface area contributed by atoms with Gasteiger partial charge in [0.05, 0.1) is 0 Å². The van der Waals surface area contributed by atoms with Crippen LogP contribution in [0.1, 0.15) is 46.5 Å². The van der Waals surface area contributed by atoms with Crippen molar-refractivity contribution in [3.63, 3.8) is 0 Å². The molecule has 3 rings (SSSR count). The van der Waals surface area contributed by atoms with Gasteiger partial charge in [0.1, 0.15) is 0 Å². The Morgan fingerprint density at radius 3 is 2.43 bits per heavy atom. The van der Waals surface area contributed by atoms with E-state index in [2.05, 4.69) is 29.6 Å². The molecule has 152 valence electrons. The molecule has 0 unspecified atom stereocenters. The van der Waals surface area contributed by atoms with Gasteiger partial charge in [-0.15, -0.1) is 0 Å². The summed E-state index contributed by atoms with van der Waals surface area (Å²) in [5.74, 6) is -0.338. The summed E-state index contributed by atoms with van der Waals surface area (Å²) in [6.45, 7) is 1.92. The minimum absolute atomic E-state index is 0.0520. The molecule has 1 aliphatic heterocycles. The molecule has 1 aliphatic rings. The molecular formula is C22H30NO3PS. The summed E-state index contributed by atoms with van der Waals surface area (Å²) >= 11 is 1.32. The molecule has 28 heavy (non-hydrogen) atoms. The Morgan fingerprint density at radius 1 is 1.11 bits per heavy atom. The number of carbonyl (C=O) groups excluding carboxylic acids is 2. The van der Waals surface area contributed by atoms with Gasteiger partial charge in [-0.2, -0.15) is 0 Å². The van der Waals surface area contributed by atoms with Crippen LogP contribution in [-0.2, 0) is 15.7 Å². The van der Waals surface area contributed by atoms with Crippen molar-refractivity contribution in [1.82, 2.24) is 0 Å². The van der Waals surface area contributed by atoms with E-state index in [1.807, 2.05) is 18.4 Å². The second kappa shape index (κ2) is 9.67. The van der Waals surface area contributed by atoms with E-state index in [9.17, 15) is 9.59 Å². The first kappa shape index (κ1) is 21.0. The van der Waals surface area contributed by atoms with Crippen LogP contribution >= 0.6 is 18.6 Å². The molecule has 6 heteroatoms. The van der Waals surface area contributed by atoms with Crippen LogP contribution in [0.2, 0.25) is 0 Å². The maximum atomic E-state index is 13.1. The average Bonchev–Trinajstić information content (AvgIpc) is 2.90. The van der Waals surface area contributed by atoms with Gasteiger partial charge in [0, 0.05) is 0 Å². The van der Waals surface area contributed by atoms with Gasteiger partial charge in [-0.1, -0.05) is 0 Å². The molecule has 0 atom stereocenters. The number of hydrogen-bond donors (Lipinski definition) is 1. The molecule has 1 fully saturated rings. The molecule has 0 radical (unpaired) electrons. The topological polar surface area (TPSA) is 55.4 Å². The zero-order valence-electron chi connectivity index (χ0n) is 16.8. The number of aryl methyl sites for hydroxylation is 1. The third kappa shape index (κ3) is 5.21. The van der Waals surface area contributed by atoms with Gasteiger partial charge in [0.25, 0.3) is 0 Å². The molecule has 0 spiro atoms. The molecule has 0 aliphatic carbocycles. The monoisotopic (exact) mass is 419 g/mol. The van der Waals surface area contributed by atoms with E-state index < -0.39 is 7.26 Å². The predicted octanol–water partition coefficient (Wildman–Crippen LogP) is 5.31. The van der Waals surface area contributed by atoms with Crippen LogP contribution in [0.3, 0.4) is 0 Å². The van der Waals surface area contributed by atoms with Gasteiger partial charge in [-0.3, -0.25) is 0 Å². The average molecular weight is 420 g/mol. The van der Waals surface area contributed by atoms with Crippen molar-refractivity contribution in [2.24, 2.45) is 0 Å². The Bertz CT molecular complexity index is 810. The standard InChI is InChI=1S/C22H30NO3PS/c1-17-16-28-21(22(25)26-2)20(17)23-19(24)15-27(12-8-3-4-9-13-27)14-18-10-6-5-7-11-18/h5-7,10-11,16,27H,3-4,8-9,12-15H2,1-2H3,(H,23,24). The molecule has 0 saturated carbocycles. The second-order valence-corrected chi connectivity index (χ2v) is 13.5. The molecule has 2 aromatic rings. The Morgan fingerprint density at radius 2 is 1.79 bits per heavy atom. The number of ether oxygens (including phenoxy) is 1. The summed E-state index contributed by atoms with van der Waals surface area (Å²) < 4.78 is 4.87. The molecule has 4 nitrogen and oxygen atoms in total. The van der Waals surface area contributed by atoms with Crippen molar-refractivity contribution in [3.05, 3.63) is 51.7 Å². The third-order valence-electron chi connectivity index (χ3n) is 5.73. The molecule has 1 saturated heterocycles. The molecule has 1 amide bonds. The van der Waals surface area contributed by atoms with Crippen molar-refractivity contribution in [3.8, 4) is 0 Å². The number of hydrogen-bond acceptors (Lipinski definition) is 4. The molecule has 2 heterocycles. The number of rotatable bonds is 6. The first-order valence-corrected chi connectivity index (χ1v) is 13.7. The fourth-order valence-electron chi connectivity index (χ4n) is 4.29. The summed E-state index contributed by atoms with van der Waals surface area (Å²) in [6, 6.07) is 10.6. The van der Waals surface area contributed by atoms with Crippen molar-refractivity contribution in [2.75, 3.05) is 30.9 Å². The van der Waals surface area contributed by atoms with E-state index in [0.29, 0.717) is 16.7 Å². The van der Waals surface area contributed by atoms with Crippen LogP contribution in [0.4, 0.5) is 5.69 Å². The van der Waals surface area contributed by atoms with Crippen molar-refractivity contribution >= 4 is 36.2 Å². The van der Waals surface area contributed by atoms with Gasteiger partial charge in [-0.25, -0.2) is 0 Å². The van der Waals surface area contributed by atoms with E-state index >= 15 is 0 Å². The summed E-state index contributed by atoms with van der Waals surface area (Å²) in [6.07, 6.45) is 9.13. The number of amides is 1. The van der Waals surface area contributed by atoms with Crippen LogP contribution in [0, 0.1) is 6.92 Å². The summed E-state index contributed by atoms with van der Waals surface area (Å²) in [4.78, 5) is 25.6. The van der Waals surface area contributed by atoms with E-state index in [4.69, 9.17) is 4.74 Å². The van der Waals surface area contributed by atoms with Crippen LogP contribution in [0.25, 0.3) is 0 Å². The third-order valence-corrected chi connectivity index (χ3v) is 11.9. The molecule has 1 aromatic carbocycles. The number of anilines is 1. The predicted molar refractivity (Wildman–Crippen MR) is 121 cm³/mol. The number of nitrogens with one attached hydrogen (secondary N) is 1. The van der Waals surface area contributed by atoms with Crippen LogP contribution in [-0.4, -0.2) is 37.5 Å². The molecule has 1 aromatic heterocycles. The Balaban J connectivity index is 1.78. The van der Waals surface area contributed by atoms with Gasteiger partial charge >= 0.3 is 172 Å². The fourth-order valence-corrected chi connectivity index (χ4v) is 10.2. The summed E-state index contributed by atoms with van der Waals surface area (Å²) in [7, 11) is -0.394. The molecule has 1 N–H and O–H groups in total. The van der Waals surface area contributed by atoms with Crippen molar-refractivity contribution in [2.45, 2.75) is 38.8 Å². The number of esters is 1. The van der Waals surface area contributed by atoms with E-state index in [0.717, 1.165) is 11.7 Å². The fraction of sp³-hybridized carbons (Fsp3) is 0.455. The zero-order chi connectivity index (χ0) is 20.0. The molecular weight excluding hydrogens is 389 g/mol. The number of thiophene rings is 1. The maximum absolute atomic E-state index is 13.1. The van der Waals surface area contributed by atoms with Crippen LogP contribution in [0.15, 0.2) is 35.7 Å². The van der Waals surface area contributed by atoms with Gasteiger partial charge < -0.3 is 0 Å². The first-order chi connectivity index (χ1) is 13.5. The number of benzene rings is 1. The van der Waals surface area contributed by atoms with Crippen molar-refractivity contribution < 1.29 is 14.3 Å². The zero-order valence-corrected chi connectivity index (χ0v) is 18.6. The van der Waals surface area contributed by atoms with Gasteiger partial charge in [0.2, 0.25) is 0 Å². The van der Waals surface area contributed by atoms with E-state index in [1.165, 1.54) is 62.0 Å². The SMILES string of the molecule is COC(=O)c1scc(C)c1NC(=O)C[PH]1(Cc2ccccc2)CCCCCC1. The first-order valence-electron chi connectivity index (χ1n) is 10.0. The summed E-state index contributed by atoms with van der Waals surface area (Å²) in [5, 5.41) is 4.95. The minimum atomic E-state index is -1.77. The number of methoxy groups -OCH3 is 1. The van der Waals surface area contributed by atoms with Gasteiger partial charge in [-0.05, 0) is 0 Å².